The highest BCUT2D eigenvalue weighted by atomic mass is 19.4. The van der Waals surface area contributed by atoms with Gasteiger partial charge in [-0.05, 0) is 44.2 Å². The summed E-state index contributed by atoms with van der Waals surface area (Å²) in [7, 11) is 0. The fourth-order valence-corrected chi connectivity index (χ4v) is 2.76. The minimum absolute atomic E-state index is 0.121. The quantitative estimate of drug-likeness (QED) is 0.525. The number of anilines is 1. The first-order valence-corrected chi connectivity index (χ1v) is 9.71. The van der Waals surface area contributed by atoms with Crippen molar-refractivity contribution in [2.45, 2.75) is 26.4 Å². The third-order valence-electron chi connectivity index (χ3n) is 4.27. The molecular weight excluding hydrogens is 419 g/mol. The summed E-state index contributed by atoms with van der Waals surface area (Å²) in [5.41, 5.74) is 0.967. The Labute approximate surface area is 183 Å². The lowest BCUT2D eigenvalue weighted by molar-refractivity contribution is -0.0878. The van der Waals surface area contributed by atoms with Gasteiger partial charge in [-0.25, -0.2) is 0 Å². The van der Waals surface area contributed by atoms with E-state index in [-0.39, 0.29) is 11.6 Å². The molecule has 166 valence electrons. The van der Waals surface area contributed by atoms with Gasteiger partial charge in [0.15, 0.2) is 5.82 Å². The first-order valence-electron chi connectivity index (χ1n) is 9.71. The van der Waals surface area contributed by atoms with Crippen LogP contribution < -0.4 is 10.1 Å². The largest absolute Gasteiger partial charge is 0.461 e. The lowest BCUT2D eigenvalue weighted by Crippen LogP contribution is -2.10. The fourth-order valence-electron chi connectivity index (χ4n) is 2.76. The van der Waals surface area contributed by atoms with E-state index in [1.54, 1.807) is 37.5 Å². The number of alkyl halides is 3. The van der Waals surface area contributed by atoms with E-state index < -0.39 is 11.7 Å². The van der Waals surface area contributed by atoms with Gasteiger partial charge in [0.1, 0.15) is 11.5 Å². The van der Waals surface area contributed by atoms with Crippen LogP contribution in [0.1, 0.15) is 26.1 Å². The van der Waals surface area contributed by atoms with Gasteiger partial charge >= 0.3 is 6.18 Å². The van der Waals surface area contributed by atoms with Crippen molar-refractivity contribution in [2.24, 2.45) is 0 Å². The molecule has 32 heavy (non-hydrogen) atoms. The third kappa shape index (κ3) is 6.31. The highest BCUT2D eigenvalue weighted by Gasteiger charge is 2.30. The van der Waals surface area contributed by atoms with Crippen LogP contribution in [0.3, 0.4) is 0 Å². The van der Waals surface area contributed by atoms with E-state index in [1.165, 1.54) is 6.08 Å². The summed E-state index contributed by atoms with van der Waals surface area (Å²) >= 11 is 0. The number of hydrogen-bond donors (Lipinski definition) is 2. The number of aromatic nitrogens is 4. The Bertz CT molecular complexity index is 1120. The van der Waals surface area contributed by atoms with Gasteiger partial charge in [0.2, 0.25) is 5.95 Å². The fraction of sp³-hybridized carbons (Fsp3) is 0.174. The normalized spacial score (nSPS) is 15.0. The van der Waals surface area contributed by atoms with Crippen LogP contribution in [0.2, 0.25) is 0 Å². The van der Waals surface area contributed by atoms with Crippen molar-refractivity contribution in [3.8, 4) is 5.75 Å². The highest BCUT2D eigenvalue weighted by molar-refractivity contribution is 5.73. The highest BCUT2D eigenvalue weighted by Crippen LogP contribution is 2.27. The van der Waals surface area contributed by atoms with Crippen molar-refractivity contribution in [1.82, 2.24) is 20.2 Å². The second kappa shape index (κ2) is 9.95. The maximum atomic E-state index is 12.8. The third-order valence-corrected chi connectivity index (χ3v) is 4.27. The number of aromatic amines is 1. The van der Waals surface area contributed by atoms with Crippen molar-refractivity contribution in [3.05, 3.63) is 96.0 Å². The van der Waals surface area contributed by atoms with Gasteiger partial charge in [-0.2, -0.15) is 18.2 Å². The van der Waals surface area contributed by atoms with Crippen LogP contribution in [0.25, 0.3) is 5.57 Å². The van der Waals surface area contributed by atoms with Crippen molar-refractivity contribution in [1.29, 1.82) is 0 Å². The molecular formula is C23H22F3N5O. The SMILES string of the molecule is C=C(/C=C(\C=C/C)Nc1n[nH]c(C2=CC=C(C)CC(Oc3ccncc3)=C2)n1)C(F)(F)F. The molecule has 0 radical (unpaired) electrons. The standard InChI is InChI=1S/C23H22F3N5O/c1-4-5-18(13-16(3)23(24,25)26)28-22-29-21(30-31-22)17-7-6-15(2)12-20(14-17)32-19-8-10-27-11-9-19/h4-11,13-14H,3,12H2,1-2H3,(H2,28,29,30,31)/b5-4-,18-13+. The van der Waals surface area contributed by atoms with Crippen LogP contribution in [0.5, 0.6) is 5.75 Å². The average molecular weight is 441 g/mol. The summed E-state index contributed by atoms with van der Waals surface area (Å²) < 4.78 is 44.5. The van der Waals surface area contributed by atoms with Crippen LogP contribution in [0, 0.1) is 0 Å². The zero-order chi connectivity index (χ0) is 23.1. The predicted octanol–water partition coefficient (Wildman–Crippen LogP) is 5.89. The molecule has 2 N–H and O–H groups in total. The molecule has 2 aromatic rings. The predicted molar refractivity (Wildman–Crippen MR) is 117 cm³/mol. The van der Waals surface area contributed by atoms with Crippen LogP contribution in [-0.2, 0) is 0 Å². The van der Waals surface area contributed by atoms with E-state index >= 15 is 0 Å². The number of nitrogens with zero attached hydrogens (tertiary/aromatic N) is 3. The second-order valence-electron chi connectivity index (χ2n) is 6.96. The average Bonchev–Trinajstić information content (AvgIpc) is 3.11. The van der Waals surface area contributed by atoms with Crippen molar-refractivity contribution in [3.63, 3.8) is 0 Å². The number of hydrogen-bond acceptors (Lipinski definition) is 5. The Morgan fingerprint density at radius 1 is 1.25 bits per heavy atom. The molecule has 0 spiro atoms. The monoisotopic (exact) mass is 441 g/mol. The van der Waals surface area contributed by atoms with Gasteiger partial charge in [-0.15, -0.1) is 5.10 Å². The lowest BCUT2D eigenvalue weighted by Gasteiger charge is -2.09. The molecule has 0 aliphatic heterocycles. The first-order chi connectivity index (χ1) is 15.2. The molecule has 0 saturated heterocycles. The molecule has 0 aromatic carbocycles. The molecule has 2 heterocycles. The van der Waals surface area contributed by atoms with E-state index in [0.29, 0.717) is 29.3 Å². The van der Waals surface area contributed by atoms with E-state index in [4.69, 9.17) is 4.74 Å². The van der Waals surface area contributed by atoms with E-state index in [2.05, 4.69) is 32.1 Å². The Morgan fingerprint density at radius 2 is 2.00 bits per heavy atom. The summed E-state index contributed by atoms with van der Waals surface area (Å²) in [4.78, 5) is 8.34. The van der Waals surface area contributed by atoms with Crippen molar-refractivity contribution < 1.29 is 17.9 Å². The number of rotatable bonds is 7. The van der Waals surface area contributed by atoms with Crippen LogP contribution in [-0.4, -0.2) is 26.3 Å². The zero-order valence-electron chi connectivity index (χ0n) is 17.6. The van der Waals surface area contributed by atoms with Gasteiger partial charge in [-0.3, -0.25) is 10.1 Å². The topological polar surface area (TPSA) is 75.7 Å². The molecule has 9 heteroatoms. The number of ether oxygens (including phenoxy) is 1. The molecule has 2 aromatic heterocycles. The van der Waals surface area contributed by atoms with Gasteiger partial charge in [0.25, 0.3) is 0 Å². The molecule has 3 rings (SSSR count). The number of halogens is 3. The minimum atomic E-state index is -4.52. The summed E-state index contributed by atoms with van der Waals surface area (Å²) in [6.45, 7) is 6.74. The van der Waals surface area contributed by atoms with E-state index in [1.807, 2.05) is 25.2 Å². The molecule has 1 aliphatic carbocycles. The van der Waals surface area contributed by atoms with Gasteiger partial charge < -0.3 is 10.1 Å². The molecule has 6 nitrogen and oxygen atoms in total. The van der Waals surface area contributed by atoms with Crippen LogP contribution in [0.15, 0.2) is 90.2 Å². The molecule has 0 fully saturated rings. The Morgan fingerprint density at radius 3 is 2.69 bits per heavy atom. The molecule has 1 aliphatic rings. The Hall–Kier alpha value is -3.88. The van der Waals surface area contributed by atoms with E-state index in [9.17, 15) is 13.2 Å². The summed E-state index contributed by atoms with van der Waals surface area (Å²) in [5, 5.41) is 9.65. The molecule has 0 atom stereocenters. The van der Waals surface area contributed by atoms with Crippen molar-refractivity contribution >= 4 is 11.5 Å². The molecule has 0 unspecified atom stereocenters. The number of nitrogens with one attached hydrogen (secondary N) is 2. The molecule has 0 amide bonds. The van der Waals surface area contributed by atoms with Gasteiger partial charge in [-0.1, -0.05) is 30.4 Å². The zero-order valence-corrected chi connectivity index (χ0v) is 17.6. The van der Waals surface area contributed by atoms with Gasteiger partial charge in [0.05, 0.1) is 5.57 Å². The second-order valence-corrected chi connectivity index (χ2v) is 6.96. The van der Waals surface area contributed by atoms with Gasteiger partial charge in [0, 0.05) is 30.1 Å². The Kier molecular flexibility index (Phi) is 7.09. The summed E-state index contributed by atoms with van der Waals surface area (Å²) in [5.74, 6) is 1.92. The molecule has 0 bridgehead atoms. The lowest BCUT2D eigenvalue weighted by atomic mass is 10.2. The Balaban J connectivity index is 1.83. The number of allylic oxidation sites excluding steroid dienone is 9. The maximum Gasteiger partial charge on any atom is 0.415 e. The number of H-pyrrole nitrogens is 1. The molecule has 0 saturated carbocycles. The maximum absolute atomic E-state index is 12.8. The summed E-state index contributed by atoms with van der Waals surface area (Å²) in [6, 6.07) is 3.52. The smallest absolute Gasteiger partial charge is 0.415 e. The van der Waals surface area contributed by atoms with Crippen LogP contribution >= 0.6 is 0 Å². The van der Waals surface area contributed by atoms with Crippen LogP contribution in [0.4, 0.5) is 19.1 Å². The summed E-state index contributed by atoms with van der Waals surface area (Å²) in [6.07, 6.45) is 9.00. The first kappa shape index (κ1) is 22.8. The number of pyridine rings is 1. The van der Waals surface area contributed by atoms with Crippen molar-refractivity contribution in [2.75, 3.05) is 5.32 Å². The minimum Gasteiger partial charge on any atom is -0.461 e. The van der Waals surface area contributed by atoms with E-state index in [0.717, 1.165) is 11.6 Å².